The Morgan fingerprint density at radius 2 is 1.89 bits per heavy atom. The highest BCUT2D eigenvalue weighted by Crippen LogP contribution is 2.31. The zero-order valence-corrected chi connectivity index (χ0v) is 15.6. The Morgan fingerprint density at radius 3 is 2.56 bits per heavy atom. The van der Waals surface area contributed by atoms with Crippen LogP contribution in [0.3, 0.4) is 0 Å². The molecule has 1 amide bonds. The fourth-order valence-corrected chi connectivity index (χ4v) is 3.64. The summed E-state index contributed by atoms with van der Waals surface area (Å²) < 4.78 is 11.4. The quantitative estimate of drug-likeness (QED) is 0.900. The van der Waals surface area contributed by atoms with Crippen molar-refractivity contribution in [2.45, 2.75) is 32.1 Å². The first-order valence-electron chi connectivity index (χ1n) is 9.47. The van der Waals surface area contributed by atoms with Crippen molar-refractivity contribution in [1.82, 2.24) is 9.88 Å². The topological polar surface area (TPSA) is 63.7 Å². The molecule has 1 N–H and O–H groups in total. The van der Waals surface area contributed by atoms with Gasteiger partial charge < -0.3 is 19.7 Å². The highest BCUT2D eigenvalue weighted by Gasteiger charge is 2.40. The minimum Gasteiger partial charge on any atom is -0.366 e. The maximum absolute atomic E-state index is 12.7. The number of amides is 1. The number of ether oxygens (including phenoxy) is 2. The number of nitrogens with zero attached hydrogens (tertiary/aromatic N) is 2. The molecule has 2 aromatic rings. The van der Waals surface area contributed by atoms with Crippen molar-refractivity contribution in [1.29, 1.82) is 0 Å². The Morgan fingerprint density at radius 1 is 1.15 bits per heavy atom. The van der Waals surface area contributed by atoms with Gasteiger partial charge in [0.1, 0.15) is 5.82 Å². The largest absolute Gasteiger partial charge is 0.366 e. The van der Waals surface area contributed by atoms with E-state index < -0.39 is 5.79 Å². The highest BCUT2D eigenvalue weighted by atomic mass is 16.7. The molecule has 27 heavy (non-hydrogen) atoms. The summed E-state index contributed by atoms with van der Waals surface area (Å²) in [7, 11) is 0. The maximum Gasteiger partial charge on any atom is 0.255 e. The fourth-order valence-electron chi connectivity index (χ4n) is 3.64. The minimum absolute atomic E-state index is 0.0146. The summed E-state index contributed by atoms with van der Waals surface area (Å²) in [4.78, 5) is 19.0. The molecule has 0 atom stereocenters. The molecule has 6 nitrogen and oxygen atoms in total. The zero-order valence-electron chi connectivity index (χ0n) is 15.6. The molecule has 0 unspecified atom stereocenters. The van der Waals surface area contributed by atoms with Crippen LogP contribution in [0.5, 0.6) is 0 Å². The van der Waals surface area contributed by atoms with Gasteiger partial charge >= 0.3 is 0 Å². The van der Waals surface area contributed by atoms with Gasteiger partial charge in [0.05, 0.1) is 18.8 Å². The van der Waals surface area contributed by atoms with E-state index in [1.165, 1.54) is 11.1 Å². The SMILES string of the molecule is Cc1ccccc1CNc1ccc(C(=O)N2CCC3(CC2)OCCO3)cn1. The first-order valence-corrected chi connectivity index (χ1v) is 9.47. The number of likely N-dealkylation sites (tertiary alicyclic amines) is 1. The fraction of sp³-hybridized carbons (Fsp3) is 0.429. The van der Waals surface area contributed by atoms with E-state index in [4.69, 9.17) is 9.47 Å². The molecular weight excluding hydrogens is 342 g/mol. The molecule has 3 heterocycles. The van der Waals surface area contributed by atoms with E-state index in [-0.39, 0.29) is 5.91 Å². The van der Waals surface area contributed by atoms with E-state index in [2.05, 4.69) is 29.4 Å². The van der Waals surface area contributed by atoms with Crippen LogP contribution < -0.4 is 5.32 Å². The lowest BCUT2D eigenvalue weighted by Crippen LogP contribution is -2.47. The van der Waals surface area contributed by atoms with E-state index in [9.17, 15) is 4.79 Å². The Balaban J connectivity index is 1.33. The number of anilines is 1. The molecule has 1 aromatic heterocycles. The number of aryl methyl sites for hydroxylation is 1. The number of pyridine rings is 1. The van der Waals surface area contributed by atoms with Gasteiger partial charge in [0, 0.05) is 38.7 Å². The van der Waals surface area contributed by atoms with Gasteiger partial charge in [0.2, 0.25) is 0 Å². The van der Waals surface area contributed by atoms with E-state index in [0.29, 0.717) is 38.4 Å². The molecule has 2 aliphatic rings. The number of carbonyl (C=O) groups excluding carboxylic acids is 1. The summed E-state index contributed by atoms with van der Waals surface area (Å²) in [6.45, 7) is 5.39. The molecule has 6 heteroatoms. The van der Waals surface area contributed by atoms with Gasteiger partial charge in [-0.1, -0.05) is 24.3 Å². The lowest BCUT2D eigenvalue weighted by atomic mass is 10.0. The zero-order chi connectivity index (χ0) is 18.7. The first kappa shape index (κ1) is 17.9. The highest BCUT2D eigenvalue weighted by molar-refractivity contribution is 5.94. The maximum atomic E-state index is 12.7. The Kier molecular flexibility index (Phi) is 5.09. The first-order chi connectivity index (χ1) is 13.2. The van der Waals surface area contributed by atoms with Crippen LogP contribution in [-0.2, 0) is 16.0 Å². The van der Waals surface area contributed by atoms with Crippen LogP contribution in [0.1, 0.15) is 34.3 Å². The van der Waals surface area contributed by atoms with Crippen LogP contribution in [0.4, 0.5) is 5.82 Å². The van der Waals surface area contributed by atoms with Crippen molar-refractivity contribution in [3.05, 3.63) is 59.3 Å². The van der Waals surface area contributed by atoms with Crippen molar-refractivity contribution >= 4 is 11.7 Å². The Bertz CT molecular complexity index is 791. The molecule has 1 spiro atoms. The van der Waals surface area contributed by atoms with Crippen LogP contribution in [0.2, 0.25) is 0 Å². The molecule has 0 radical (unpaired) electrons. The third-order valence-electron chi connectivity index (χ3n) is 5.36. The monoisotopic (exact) mass is 367 g/mol. The minimum atomic E-state index is -0.460. The molecule has 2 fully saturated rings. The van der Waals surface area contributed by atoms with Crippen molar-refractivity contribution in [3.63, 3.8) is 0 Å². The van der Waals surface area contributed by atoms with Gasteiger partial charge in [-0.3, -0.25) is 4.79 Å². The van der Waals surface area contributed by atoms with E-state index in [1.807, 2.05) is 29.2 Å². The molecule has 0 aliphatic carbocycles. The van der Waals surface area contributed by atoms with E-state index in [0.717, 1.165) is 18.7 Å². The molecule has 2 aliphatic heterocycles. The number of piperidine rings is 1. The average molecular weight is 367 g/mol. The number of aromatic nitrogens is 1. The number of benzene rings is 1. The molecule has 2 saturated heterocycles. The summed E-state index contributed by atoms with van der Waals surface area (Å²) in [5.41, 5.74) is 3.09. The summed E-state index contributed by atoms with van der Waals surface area (Å²) >= 11 is 0. The van der Waals surface area contributed by atoms with Crippen molar-refractivity contribution in [2.24, 2.45) is 0 Å². The summed E-state index contributed by atoms with van der Waals surface area (Å²) in [6.07, 6.45) is 3.10. The summed E-state index contributed by atoms with van der Waals surface area (Å²) in [6, 6.07) is 12.0. The lowest BCUT2D eigenvalue weighted by molar-refractivity contribution is -0.181. The molecule has 1 aromatic carbocycles. The predicted octanol–water partition coefficient (Wildman–Crippen LogP) is 2.98. The van der Waals surface area contributed by atoms with Crippen LogP contribution >= 0.6 is 0 Å². The standard InChI is InChI=1S/C21H25N3O3/c1-16-4-2-3-5-17(16)14-22-19-7-6-18(15-23-19)20(25)24-10-8-21(9-11-24)26-12-13-27-21/h2-7,15H,8-14H2,1H3,(H,22,23). The second-order valence-electron chi connectivity index (χ2n) is 7.11. The van der Waals surface area contributed by atoms with E-state index in [1.54, 1.807) is 6.20 Å². The lowest BCUT2D eigenvalue weighted by Gasteiger charge is -2.37. The third-order valence-corrected chi connectivity index (χ3v) is 5.36. The number of rotatable bonds is 4. The van der Waals surface area contributed by atoms with Crippen molar-refractivity contribution in [2.75, 3.05) is 31.6 Å². The van der Waals surface area contributed by atoms with Gasteiger partial charge in [0.25, 0.3) is 5.91 Å². The molecule has 0 bridgehead atoms. The summed E-state index contributed by atoms with van der Waals surface area (Å²) in [5.74, 6) is 0.319. The number of hydrogen-bond donors (Lipinski definition) is 1. The van der Waals surface area contributed by atoms with Gasteiger partial charge in [-0.05, 0) is 30.2 Å². The Hall–Kier alpha value is -2.44. The number of hydrogen-bond acceptors (Lipinski definition) is 5. The predicted molar refractivity (Wildman–Crippen MR) is 103 cm³/mol. The van der Waals surface area contributed by atoms with Crippen LogP contribution in [0.15, 0.2) is 42.6 Å². The third kappa shape index (κ3) is 3.96. The Labute approximate surface area is 159 Å². The number of nitrogens with one attached hydrogen (secondary N) is 1. The van der Waals surface area contributed by atoms with Gasteiger partial charge in [-0.15, -0.1) is 0 Å². The van der Waals surface area contributed by atoms with Gasteiger partial charge in [0.15, 0.2) is 5.79 Å². The second-order valence-corrected chi connectivity index (χ2v) is 7.11. The summed E-state index contributed by atoms with van der Waals surface area (Å²) in [5, 5.41) is 3.31. The van der Waals surface area contributed by atoms with Crippen LogP contribution in [-0.4, -0.2) is 47.9 Å². The normalized spacial score (nSPS) is 18.6. The molecule has 142 valence electrons. The van der Waals surface area contributed by atoms with Crippen LogP contribution in [0.25, 0.3) is 0 Å². The molecule has 0 saturated carbocycles. The second kappa shape index (κ2) is 7.66. The number of carbonyl (C=O) groups is 1. The van der Waals surface area contributed by atoms with Crippen molar-refractivity contribution < 1.29 is 14.3 Å². The van der Waals surface area contributed by atoms with Gasteiger partial charge in [-0.2, -0.15) is 0 Å². The van der Waals surface area contributed by atoms with Crippen LogP contribution in [0, 0.1) is 6.92 Å². The van der Waals surface area contributed by atoms with Crippen molar-refractivity contribution in [3.8, 4) is 0 Å². The van der Waals surface area contributed by atoms with Gasteiger partial charge in [-0.25, -0.2) is 4.98 Å². The average Bonchev–Trinajstić information content (AvgIpc) is 3.16. The molecular formula is C21H25N3O3. The molecule has 4 rings (SSSR count). The smallest absolute Gasteiger partial charge is 0.255 e. The van der Waals surface area contributed by atoms with E-state index >= 15 is 0 Å².